The molecule has 0 radical (unpaired) electrons. The molecule has 0 heterocycles. The Morgan fingerprint density at radius 3 is 2.58 bits per heavy atom. The van der Waals surface area contributed by atoms with Crippen molar-refractivity contribution in [1.29, 1.82) is 0 Å². The van der Waals surface area contributed by atoms with Crippen molar-refractivity contribution in [1.82, 2.24) is 5.32 Å². The number of nitro benzene ring substituents is 1. The van der Waals surface area contributed by atoms with E-state index in [9.17, 15) is 23.3 Å². The lowest BCUT2D eigenvalue weighted by Crippen LogP contribution is -2.39. The number of nitro groups is 1. The lowest BCUT2D eigenvalue weighted by Gasteiger charge is -2.14. The van der Waals surface area contributed by atoms with Crippen LogP contribution in [-0.2, 0) is 6.42 Å². The van der Waals surface area contributed by atoms with Crippen LogP contribution in [0.5, 0.6) is 0 Å². The number of aliphatic hydroxyl groups excluding tert-OH is 1. The smallest absolute Gasteiger partial charge is 0.382 e. The van der Waals surface area contributed by atoms with Gasteiger partial charge in [-0.25, -0.2) is 0 Å². The van der Waals surface area contributed by atoms with E-state index >= 15 is 0 Å². The molecule has 2 N–H and O–H groups in total. The second kappa shape index (κ2) is 6.48. The Labute approximate surface area is 107 Å². The molecule has 0 fully saturated rings. The monoisotopic (exact) mass is 278 g/mol. The summed E-state index contributed by atoms with van der Waals surface area (Å²) in [5.41, 5.74) is 0.363. The SMILES string of the molecule is O=[N+]([O-])c1ccccc1CCNCC(O)C(F)(F)F. The number of para-hydroxylation sites is 1. The van der Waals surface area contributed by atoms with Gasteiger partial charge in [0.15, 0.2) is 6.10 Å². The lowest BCUT2D eigenvalue weighted by molar-refractivity contribution is -0.385. The number of nitrogens with one attached hydrogen (secondary N) is 1. The highest BCUT2D eigenvalue weighted by Gasteiger charge is 2.37. The molecule has 0 bridgehead atoms. The van der Waals surface area contributed by atoms with Gasteiger partial charge in [0.25, 0.3) is 5.69 Å². The first kappa shape index (κ1) is 15.4. The van der Waals surface area contributed by atoms with Crippen LogP contribution in [-0.4, -0.2) is 35.4 Å². The minimum atomic E-state index is -4.66. The van der Waals surface area contributed by atoms with Gasteiger partial charge >= 0.3 is 6.18 Å². The van der Waals surface area contributed by atoms with Crippen LogP contribution in [0.4, 0.5) is 18.9 Å². The summed E-state index contributed by atoms with van der Waals surface area (Å²) in [7, 11) is 0. The van der Waals surface area contributed by atoms with Gasteiger partial charge in [0.05, 0.1) is 4.92 Å². The van der Waals surface area contributed by atoms with Crippen LogP contribution in [0.2, 0.25) is 0 Å². The van der Waals surface area contributed by atoms with Gasteiger partial charge in [0, 0.05) is 18.2 Å². The molecule has 5 nitrogen and oxygen atoms in total. The first-order chi connectivity index (χ1) is 8.82. The highest BCUT2D eigenvalue weighted by molar-refractivity contribution is 5.39. The van der Waals surface area contributed by atoms with E-state index < -0.39 is 23.7 Å². The topological polar surface area (TPSA) is 75.4 Å². The van der Waals surface area contributed by atoms with Crippen molar-refractivity contribution in [2.45, 2.75) is 18.7 Å². The second-order valence-electron chi connectivity index (χ2n) is 3.90. The van der Waals surface area contributed by atoms with Crippen LogP contribution in [0.15, 0.2) is 24.3 Å². The zero-order valence-corrected chi connectivity index (χ0v) is 9.85. The number of benzene rings is 1. The highest BCUT2D eigenvalue weighted by atomic mass is 19.4. The predicted octanol–water partition coefficient (Wildman–Crippen LogP) is 1.65. The molecule has 0 aliphatic rings. The summed E-state index contributed by atoms with van der Waals surface area (Å²) in [5.74, 6) is 0. The van der Waals surface area contributed by atoms with Crippen molar-refractivity contribution in [3.05, 3.63) is 39.9 Å². The number of rotatable bonds is 6. The number of alkyl halides is 3. The number of nitrogens with zero attached hydrogens (tertiary/aromatic N) is 1. The maximum atomic E-state index is 12.0. The number of halogens is 3. The van der Waals surface area contributed by atoms with Crippen LogP contribution in [0.3, 0.4) is 0 Å². The second-order valence-corrected chi connectivity index (χ2v) is 3.90. The zero-order valence-electron chi connectivity index (χ0n) is 9.85. The maximum Gasteiger partial charge on any atom is 0.415 e. The Morgan fingerprint density at radius 2 is 2.00 bits per heavy atom. The fraction of sp³-hybridized carbons (Fsp3) is 0.455. The molecule has 1 aromatic rings. The van der Waals surface area contributed by atoms with E-state index in [1.54, 1.807) is 12.1 Å². The van der Waals surface area contributed by atoms with Gasteiger partial charge in [0.1, 0.15) is 0 Å². The summed E-state index contributed by atoms with van der Waals surface area (Å²) < 4.78 is 36.0. The van der Waals surface area contributed by atoms with Crippen LogP contribution in [0.25, 0.3) is 0 Å². The van der Waals surface area contributed by atoms with Gasteiger partial charge in [-0.2, -0.15) is 13.2 Å². The van der Waals surface area contributed by atoms with Crippen LogP contribution < -0.4 is 5.32 Å². The first-order valence-electron chi connectivity index (χ1n) is 5.50. The van der Waals surface area contributed by atoms with Crippen LogP contribution in [0, 0.1) is 10.1 Å². The van der Waals surface area contributed by atoms with Gasteiger partial charge in [-0.05, 0) is 13.0 Å². The molecular formula is C11H13F3N2O3. The molecule has 0 aliphatic heterocycles. The van der Waals surface area contributed by atoms with E-state index in [0.29, 0.717) is 5.56 Å². The summed E-state index contributed by atoms with van der Waals surface area (Å²) >= 11 is 0. The lowest BCUT2D eigenvalue weighted by atomic mass is 10.1. The molecule has 0 spiro atoms. The molecule has 106 valence electrons. The van der Waals surface area contributed by atoms with E-state index in [-0.39, 0.29) is 18.7 Å². The third kappa shape index (κ3) is 4.84. The Kier molecular flexibility index (Phi) is 5.25. The Morgan fingerprint density at radius 1 is 1.37 bits per heavy atom. The van der Waals surface area contributed by atoms with E-state index in [1.807, 2.05) is 0 Å². The van der Waals surface area contributed by atoms with E-state index in [0.717, 1.165) is 0 Å². The molecule has 1 aromatic carbocycles. The Hall–Kier alpha value is -1.67. The molecule has 19 heavy (non-hydrogen) atoms. The van der Waals surface area contributed by atoms with Gasteiger partial charge in [0.2, 0.25) is 0 Å². The summed E-state index contributed by atoms with van der Waals surface area (Å²) in [4.78, 5) is 10.1. The Balaban J connectivity index is 2.44. The highest BCUT2D eigenvalue weighted by Crippen LogP contribution is 2.19. The normalized spacial score (nSPS) is 13.3. The van der Waals surface area contributed by atoms with Crippen LogP contribution in [0.1, 0.15) is 5.56 Å². The summed E-state index contributed by atoms with van der Waals surface area (Å²) in [6, 6.07) is 6.01. The number of hydrogen-bond donors (Lipinski definition) is 2. The van der Waals surface area contributed by atoms with Crippen molar-refractivity contribution < 1.29 is 23.2 Å². The molecule has 0 saturated carbocycles. The molecule has 0 amide bonds. The van der Waals surface area contributed by atoms with E-state index in [4.69, 9.17) is 5.11 Å². The fourth-order valence-electron chi connectivity index (χ4n) is 1.48. The zero-order chi connectivity index (χ0) is 14.5. The van der Waals surface area contributed by atoms with E-state index in [1.165, 1.54) is 12.1 Å². The van der Waals surface area contributed by atoms with Crippen molar-refractivity contribution in [2.24, 2.45) is 0 Å². The molecule has 0 saturated heterocycles. The molecular weight excluding hydrogens is 265 g/mol. The van der Waals surface area contributed by atoms with Gasteiger partial charge in [-0.15, -0.1) is 0 Å². The molecule has 0 aromatic heterocycles. The van der Waals surface area contributed by atoms with Crippen molar-refractivity contribution in [3.63, 3.8) is 0 Å². The van der Waals surface area contributed by atoms with Crippen LogP contribution >= 0.6 is 0 Å². The standard InChI is InChI=1S/C11H13F3N2O3/c12-11(13,14)10(17)7-15-6-5-8-3-1-2-4-9(8)16(18)19/h1-4,10,15,17H,5-7H2. The minimum Gasteiger partial charge on any atom is -0.382 e. The molecule has 8 heteroatoms. The summed E-state index contributed by atoms with van der Waals surface area (Å²) in [5, 5.41) is 21.8. The van der Waals surface area contributed by atoms with Crippen molar-refractivity contribution >= 4 is 5.69 Å². The third-order valence-corrected chi connectivity index (χ3v) is 2.47. The Bertz CT molecular complexity index is 437. The third-order valence-electron chi connectivity index (χ3n) is 2.47. The first-order valence-corrected chi connectivity index (χ1v) is 5.50. The van der Waals surface area contributed by atoms with E-state index in [2.05, 4.69) is 5.32 Å². The molecule has 1 unspecified atom stereocenters. The van der Waals surface area contributed by atoms with Gasteiger partial charge in [-0.3, -0.25) is 10.1 Å². The number of aliphatic hydroxyl groups is 1. The fourth-order valence-corrected chi connectivity index (χ4v) is 1.48. The quantitative estimate of drug-likeness (QED) is 0.471. The summed E-state index contributed by atoms with van der Waals surface area (Å²) in [6.45, 7) is -0.526. The van der Waals surface area contributed by atoms with Gasteiger partial charge in [-0.1, -0.05) is 18.2 Å². The summed E-state index contributed by atoms with van der Waals surface area (Å²) in [6.07, 6.45) is -6.88. The molecule has 1 atom stereocenters. The van der Waals surface area contributed by atoms with Crippen molar-refractivity contribution in [2.75, 3.05) is 13.1 Å². The molecule has 1 rings (SSSR count). The maximum absolute atomic E-state index is 12.0. The van der Waals surface area contributed by atoms with Gasteiger partial charge < -0.3 is 10.4 Å². The van der Waals surface area contributed by atoms with Crippen molar-refractivity contribution in [3.8, 4) is 0 Å². The average molecular weight is 278 g/mol. The largest absolute Gasteiger partial charge is 0.415 e. The average Bonchev–Trinajstić information content (AvgIpc) is 2.33. The minimum absolute atomic E-state index is 0.0688. The predicted molar refractivity (Wildman–Crippen MR) is 61.7 cm³/mol. The number of hydrogen-bond acceptors (Lipinski definition) is 4. The molecule has 0 aliphatic carbocycles.